The van der Waals surface area contributed by atoms with Crippen LogP contribution in [0, 0.1) is 54.4 Å². The second-order valence-corrected chi connectivity index (χ2v) is 29.6. The number of nitrogens with zero attached hydrogens (tertiary/aromatic N) is 4. The third kappa shape index (κ3) is 12.2. The lowest BCUT2D eigenvalue weighted by molar-refractivity contribution is 0.103. The van der Waals surface area contributed by atoms with Gasteiger partial charge in [0.1, 0.15) is 29.2 Å². The van der Waals surface area contributed by atoms with Crippen LogP contribution >= 0.6 is 45.3 Å². The van der Waals surface area contributed by atoms with Gasteiger partial charge in [0.15, 0.2) is 11.6 Å². The van der Waals surface area contributed by atoms with Crippen molar-refractivity contribution in [1.82, 2.24) is 0 Å². The summed E-state index contributed by atoms with van der Waals surface area (Å²) in [5.74, 6) is 1.16. The lowest BCUT2D eigenvalue weighted by atomic mass is 9.67. The van der Waals surface area contributed by atoms with Crippen LogP contribution < -0.4 is 9.47 Å². The van der Waals surface area contributed by atoms with Gasteiger partial charge in [0, 0.05) is 54.3 Å². The highest BCUT2D eigenvalue weighted by atomic mass is 32.1. The van der Waals surface area contributed by atoms with Crippen molar-refractivity contribution in [2.75, 3.05) is 13.2 Å². The molecule has 500 valence electrons. The Balaban J connectivity index is 0.00000233. The predicted molar refractivity (Wildman–Crippen MR) is 415 cm³/mol. The first-order valence-electron chi connectivity index (χ1n) is 35.3. The number of allylic oxidation sites excluding steroid dienone is 6. The molecule has 0 bridgehead atoms. The molecule has 0 N–H and O–H groups in total. The van der Waals surface area contributed by atoms with Crippen molar-refractivity contribution in [3.8, 4) is 49.2 Å². The number of thiophene rings is 4. The molecule has 0 spiro atoms. The smallest absolute Gasteiger partial charge is 0.270 e. The number of rotatable bonds is 22. The normalized spacial score (nSPS) is 17.0. The highest BCUT2D eigenvalue weighted by molar-refractivity contribution is 7.34. The third-order valence-electron chi connectivity index (χ3n) is 19.5. The number of nitriles is 3. The lowest BCUT2D eigenvalue weighted by Gasteiger charge is -2.34. The van der Waals surface area contributed by atoms with Gasteiger partial charge in [-0.3, -0.25) is 9.59 Å². The van der Waals surface area contributed by atoms with Crippen LogP contribution in [0.15, 0.2) is 180 Å². The molecule has 6 aromatic carbocycles. The van der Waals surface area contributed by atoms with Gasteiger partial charge in [-0.1, -0.05) is 238 Å². The molecular formula is C88H80N4O4S4. The fourth-order valence-electron chi connectivity index (χ4n) is 14.9. The van der Waals surface area contributed by atoms with Crippen LogP contribution in [0.25, 0.3) is 57.1 Å². The highest BCUT2D eigenvalue weighted by Crippen LogP contribution is 2.70. The van der Waals surface area contributed by atoms with Crippen LogP contribution in [0.2, 0.25) is 0 Å². The SMILES string of the molecule is CC.CC.[C-]#[N+]/C(C#N)=C1/C(=C/c2cc3c(s2)-c2sc4c5c(sc4c2C3(c2ccc(C)cc2)c2ccc(OCCCCCCCC)cc2)-c2sc(/C=C3\C(=O)c4ccccc4C3=C(C#N)C#N)cc2C5(c2ccc(C)cc2)c2ccc(OCCCCCCCC)cc2)C(=O)c2ccccc21. The summed E-state index contributed by atoms with van der Waals surface area (Å²) in [6, 6.07) is 60.6. The molecule has 4 aliphatic carbocycles. The Kier molecular flexibility index (Phi) is 21.6. The van der Waals surface area contributed by atoms with E-state index in [4.69, 9.17) is 16.0 Å². The zero-order chi connectivity index (χ0) is 70.2. The maximum atomic E-state index is 14.7. The van der Waals surface area contributed by atoms with E-state index in [0.717, 1.165) is 120 Å². The van der Waals surface area contributed by atoms with Crippen LogP contribution in [0.1, 0.15) is 216 Å². The molecule has 12 heteroatoms. The molecule has 14 rings (SSSR count). The van der Waals surface area contributed by atoms with E-state index in [1.54, 1.807) is 34.8 Å². The molecule has 0 saturated heterocycles. The van der Waals surface area contributed by atoms with Gasteiger partial charge in [-0.25, -0.2) is 10.1 Å². The summed E-state index contributed by atoms with van der Waals surface area (Å²) in [5, 5.41) is 31.3. The summed E-state index contributed by atoms with van der Waals surface area (Å²) in [6.45, 7) is 26.1. The summed E-state index contributed by atoms with van der Waals surface area (Å²) in [7, 11) is 0. The largest absolute Gasteiger partial charge is 0.494 e. The second-order valence-electron chi connectivity index (χ2n) is 25.4. The molecular weight excluding hydrogens is 1310 g/mol. The quantitative estimate of drug-likeness (QED) is 0.0286. The number of hydrogen-bond donors (Lipinski definition) is 0. The second kappa shape index (κ2) is 30.8. The zero-order valence-corrected chi connectivity index (χ0v) is 61.4. The van der Waals surface area contributed by atoms with Crippen molar-refractivity contribution in [2.45, 2.75) is 143 Å². The van der Waals surface area contributed by atoms with Crippen LogP contribution in [-0.4, -0.2) is 24.8 Å². The van der Waals surface area contributed by atoms with Gasteiger partial charge in [0.25, 0.3) is 5.70 Å². The Morgan fingerprint density at radius 3 is 1.20 bits per heavy atom. The number of Topliss-reactive ketones (excluding diaryl/α,β-unsaturated/α-hetero) is 2. The van der Waals surface area contributed by atoms with E-state index < -0.39 is 10.8 Å². The van der Waals surface area contributed by atoms with E-state index in [2.05, 4.69) is 160 Å². The number of carbonyl (C=O) groups is 2. The van der Waals surface area contributed by atoms with Crippen molar-refractivity contribution in [3.63, 3.8) is 0 Å². The highest BCUT2D eigenvalue weighted by Gasteiger charge is 2.55. The summed E-state index contributed by atoms with van der Waals surface area (Å²) in [4.78, 5) is 39.1. The molecule has 2 unspecified atom stereocenters. The number of ether oxygens (including phenoxy) is 2. The van der Waals surface area contributed by atoms with Crippen LogP contribution in [0.5, 0.6) is 11.5 Å². The molecule has 4 aliphatic rings. The van der Waals surface area contributed by atoms with Crippen molar-refractivity contribution in [3.05, 3.63) is 279 Å². The minimum atomic E-state index is -0.913. The first-order chi connectivity index (χ1) is 49.0. The number of benzene rings is 6. The van der Waals surface area contributed by atoms with Crippen molar-refractivity contribution in [1.29, 1.82) is 15.8 Å². The Morgan fingerprint density at radius 1 is 0.460 bits per heavy atom. The zero-order valence-electron chi connectivity index (χ0n) is 58.1. The fourth-order valence-corrected chi connectivity index (χ4v) is 20.6. The molecule has 0 fully saturated rings. The summed E-state index contributed by atoms with van der Waals surface area (Å²) >= 11 is 6.90. The molecule has 10 aromatic rings. The lowest BCUT2D eigenvalue weighted by Crippen LogP contribution is -2.28. The van der Waals surface area contributed by atoms with E-state index in [1.807, 2.05) is 98.9 Å². The maximum Gasteiger partial charge on any atom is 0.270 e. The number of ketones is 2. The summed E-state index contributed by atoms with van der Waals surface area (Å²) in [6.07, 6.45) is 17.8. The van der Waals surface area contributed by atoms with E-state index in [-0.39, 0.29) is 22.8 Å². The Labute approximate surface area is 605 Å². The first kappa shape index (κ1) is 70.1. The fraction of sp³-hybridized carbons (Fsp3) is 0.273. The van der Waals surface area contributed by atoms with E-state index in [1.165, 1.54) is 62.5 Å². The molecule has 0 saturated carbocycles. The minimum absolute atomic E-state index is 0.108. The third-order valence-corrected chi connectivity index (χ3v) is 24.5. The molecule has 0 aliphatic heterocycles. The first-order valence-corrected chi connectivity index (χ1v) is 38.6. The van der Waals surface area contributed by atoms with Crippen LogP contribution in [-0.2, 0) is 10.8 Å². The van der Waals surface area contributed by atoms with E-state index in [9.17, 15) is 25.4 Å². The molecule has 0 amide bonds. The van der Waals surface area contributed by atoms with Crippen LogP contribution in [0.4, 0.5) is 0 Å². The topological polar surface area (TPSA) is 128 Å². The van der Waals surface area contributed by atoms with Gasteiger partial charge in [-0.05, 0) is 120 Å². The van der Waals surface area contributed by atoms with Gasteiger partial charge < -0.3 is 9.47 Å². The minimum Gasteiger partial charge on any atom is -0.494 e. The van der Waals surface area contributed by atoms with Gasteiger partial charge in [0.2, 0.25) is 0 Å². The number of aryl methyl sites for hydroxylation is 2. The Bertz CT molecular complexity index is 4730. The van der Waals surface area contributed by atoms with Crippen LogP contribution in [0.3, 0.4) is 0 Å². The van der Waals surface area contributed by atoms with Gasteiger partial charge in [0.05, 0.1) is 65.6 Å². The number of unbranched alkanes of at least 4 members (excludes halogenated alkanes) is 10. The maximum absolute atomic E-state index is 14.7. The Hall–Kier alpha value is -9.76. The van der Waals surface area contributed by atoms with Crippen molar-refractivity contribution in [2.24, 2.45) is 0 Å². The summed E-state index contributed by atoms with van der Waals surface area (Å²) in [5.41, 5.74) is 12.4. The molecule has 100 heavy (non-hydrogen) atoms. The van der Waals surface area contributed by atoms with Gasteiger partial charge in [-0.15, -0.1) is 45.3 Å². The molecule has 0 radical (unpaired) electrons. The van der Waals surface area contributed by atoms with E-state index >= 15 is 0 Å². The monoisotopic (exact) mass is 1380 g/mol. The predicted octanol–water partition coefficient (Wildman–Crippen LogP) is 24.5. The number of fused-ring (bicyclic) bond motifs is 11. The molecule has 4 heterocycles. The van der Waals surface area contributed by atoms with Gasteiger partial charge in [-0.2, -0.15) is 10.5 Å². The average molecular weight is 1390 g/mol. The average Bonchev–Trinajstić information content (AvgIpc) is 1.49. The summed E-state index contributed by atoms with van der Waals surface area (Å²) < 4.78 is 15.4. The van der Waals surface area contributed by atoms with Crippen molar-refractivity contribution < 1.29 is 19.1 Å². The number of hydrogen-bond acceptors (Lipinski definition) is 11. The number of carbonyl (C=O) groups excluding carboxylic acids is 2. The van der Waals surface area contributed by atoms with Gasteiger partial charge >= 0.3 is 0 Å². The molecule has 8 nitrogen and oxygen atoms in total. The standard InChI is InChI=1S/C84H68N4O4S4.2C2H6/c1-6-8-10-12-14-20-42-91-58-38-34-56(35-39-58)83(54-30-26-51(3)27-31-54)68-46-60(44-66-71(53(48-85)49-86)62-22-16-18-24-64(62)75(66)89)93-77(68)79-73(83)81-82(95-79)74-80(96-81)78-69(47-61(94-78)45-67-72(70(50-87)88-5)63-23-17-19-25-65(63)76(67)90)84(74,55-32-28-52(4)29-33-55)57-36-40-59(41-37-57)92-43-21-15-13-11-9-7-2;2*1-2/h16-19,22-41,44-47H,6-15,20-21,42-43H2,1-4H3;2*1-2H3/b66-44-,67-45-,72-70+;;. The van der Waals surface area contributed by atoms with Crippen molar-refractivity contribution >= 4 is 89.6 Å². The Morgan fingerprint density at radius 2 is 0.820 bits per heavy atom. The molecule has 4 aromatic heterocycles. The van der Waals surface area contributed by atoms with E-state index in [0.29, 0.717) is 57.8 Å². The molecule has 2 atom stereocenters.